The van der Waals surface area contributed by atoms with Gasteiger partial charge in [0.05, 0.1) is 0 Å². The Morgan fingerprint density at radius 2 is 1.23 bits per heavy atom. The summed E-state index contributed by atoms with van der Waals surface area (Å²) in [6.07, 6.45) is 4.04. The van der Waals surface area contributed by atoms with Crippen LogP contribution in [0.2, 0.25) is 0 Å². The molecular formula is C25H28F2N2O2. The minimum absolute atomic E-state index is 0.0398. The second-order valence-electron chi connectivity index (χ2n) is 8.70. The molecule has 2 aliphatic heterocycles. The summed E-state index contributed by atoms with van der Waals surface area (Å²) in [7, 11) is 0. The average Bonchev–Trinajstić information content (AvgIpc) is 2.73. The van der Waals surface area contributed by atoms with E-state index < -0.39 is 0 Å². The number of benzene rings is 2. The number of aryl methyl sites for hydroxylation is 2. The predicted octanol–water partition coefficient (Wildman–Crippen LogP) is 5.17. The molecule has 0 saturated carbocycles. The Morgan fingerprint density at radius 3 is 1.65 bits per heavy atom. The first kappa shape index (κ1) is 21.5. The van der Waals surface area contributed by atoms with Gasteiger partial charge in [-0.3, -0.25) is 9.59 Å². The molecule has 2 aliphatic rings. The van der Waals surface area contributed by atoms with Gasteiger partial charge in [-0.1, -0.05) is 0 Å². The van der Waals surface area contributed by atoms with Crippen LogP contribution in [0.25, 0.3) is 0 Å². The van der Waals surface area contributed by atoms with E-state index in [1.54, 1.807) is 21.9 Å². The molecule has 2 unspecified atom stereocenters. The van der Waals surface area contributed by atoms with Gasteiger partial charge < -0.3 is 9.80 Å². The molecule has 2 aromatic carbocycles. The maximum Gasteiger partial charge on any atom is 0.227 e. The number of nitrogens with zero attached hydrogens (tertiary/aromatic N) is 2. The molecule has 0 radical (unpaired) electrons. The number of hydrogen-bond acceptors (Lipinski definition) is 2. The molecule has 4 rings (SSSR count). The normalized spacial score (nSPS) is 20.3. The van der Waals surface area contributed by atoms with Crippen molar-refractivity contribution in [3.63, 3.8) is 0 Å². The quantitative estimate of drug-likeness (QED) is 0.677. The number of rotatable bonds is 4. The van der Waals surface area contributed by atoms with Gasteiger partial charge in [0.15, 0.2) is 0 Å². The molecule has 0 N–H and O–H groups in total. The predicted molar refractivity (Wildman–Crippen MR) is 117 cm³/mol. The maximum atomic E-state index is 13.6. The summed E-state index contributed by atoms with van der Waals surface area (Å²) in [5.74, 6) is -0.659. The van der Waals surface area contributed by atoms with E-state index in [4.69, 9.17) is 0 Å². The van der Waals surface area contributed by atoms with Crippen LogP contribution in [-0.4, -0.2) is 23.9 Å². The lowest BCUT2D eigenvalue weighted by Crippen LogP contribution is -2.43. The van der Waals surface area contributed by atoms with Gasteiger partial charge in [0.25, 0.3) is 0 Å². The van der Waals surface area contributed by atoms with Gasteiger partial charge in [0.2, 0.25) is 11.8 Å². The highest BCUT2D eigenvalue weighted by atomic mass is 19.1. The number of anilines is 2. The van der Waals surface area contributed by atoms with Gasteiger partial charge in [0, 0.05) is 36.3 Å². The third-order valence-corrected chi connectivity index (χ3v) is 6.47. The van der Waals surface area contributed by atoms with E-state index in [0.29, 0.717) is 6.42 Å². The van der Waals surface area contributed by atoms with E-state index in [9.17, 15) is 18.4 Å². The van der Waals surface area contributed by atoms with Crippen molar-refractivity contribution in [1.82, 2.24) is 0 Å². The summed E-state index contributed by atoms with van der Waals surface area (Å²) >= 11 is 0. The lowest BCUT2D eigenvalue weighted by Gasteiger charge is -2.36. The fourth-order valence-corrected chi connectivity index (χ4v) is 4.83. The van der Waals surface area contributed by atoms with Crippen molar-refractivity contribution >= 4 is 23.2 Å². The Hall–Kier alpha value is -2.76. The van der Waals surface area contributed by atoms with Crippen LogP contribution < -0.4 is 9.80 Å². The molecule has 2 atom stereocenters. The summed E-state index contributed by atoms with van der Waals surface area (Å²) < 4.78 is 27.2. The minimum Gasteiger partial charge on any atom is -0.309 e. The minimum atomic E-state index is -0.290. The van der Waals surface area contributed by atoms with E-state index in [1.807, 2.05) is 13.8 Å². The van der Waals surface area contributed by atoms with Crippen LogP contribution in [0.5, 0.6) is 0 Å². The van der Waals surface area contributed by atoms with E-state index in [1.165, 1.54) is 24.3 Å². The molecular weight excluding hydrogens is 398 g/mol. The van der Waals surface area contributed by atoms with Gasteiger partial charge in [0.1, 0.15) is 11.6 Å². The largest absolute Gasteiger partial charge is 0.309 e. The Morgan fingerprint density at radius 1 is 0.806 bits per heavy atom. The number of halogens is 2. The van der Waals surface area contributed by atoms with Crippen LogP contribution >= 0.6 is 0 Å². The molecule has 164 valence electrons. The number of hydrogen-bond donors (Lipinski definition) is 0. The highest BCUT2D eigenvalue weighted by Crippen LogP contribution is 2.33. The number of carbonyl (C=O) groups excluding carboxylic acids is 2. The van der Waals surface area contributed by atoms with Gasteiger partial charge in [-0.2, -0.15) is 0 Å². The SMILES string of the molecule is CC1CCc2cc(F)ccc2N1C(=O)CCCC(=O)N1c2ccc(F)cc2CCC1C. The molecule has 6 heteroatoms. The first-order valence-electron chi connectivity index (χ1n) is 11.1. The van der Waals surface area contributed by atoms with Gasteiger partial charge in [-0.15, -0.1) is 0 Å². The number of carbonyl (C=O) groups is 2. The molecule has 0 aromatic heterocycles. The van der Waals surface area contributed by atoms with Gasteiger partial charge in [-0.25, -0.2) is 8.78 Å². The fraction of sp³-hybridized carbons (Fsp3) is 0.440. The van der Waals surface area contributed by atoms with Crippen molar-refractivity contribution in [2.75, 3.05) is 9.80 Å². The smallest absolute Gasteiger partial charge is 0.227 e. The van der Waals surface area contributed by atoms with Crippen molar-refractivity contribution in [1.29, 1.82) is 0 Å². The standard InChI is InChI=1S/C25H28F2N2O2/c1-16-6-8-18-14-20(26)10-12-22(18)28(16)24(30)4-3-5-25(31)29-17(2)7-9-19-15-21(27)11-13-23(19)29/h10-17H,3-9H2,1-2H3. The first-order chi connectivity index (χ1) is 14.8. The summed E-state index contributed by atoms with van der Waals surface area (Å²) in [6, 6.07) is 9.22. The summed E-state index contributed by atoms with van der Waals surface area (Å²) in [6.45, 7) is 4.00. The Labute approximate surface area is 181 Å². The Balaban J connectivity index is 1.41. The molecule has 2 heterocycles. The van der Waals surface area contributed by atoms with Crippen LogP contribution in [0.3, 0.4) is 0 Å². The Kier molecular flexibility index (Phi) is 6.08. The van der Waals surface area contributed by atoms with Crippen molar-refractivity contribution in [3.05, 3.63) is 59.2 Å². The molecule has 2 aromatic rings. The molecule has 4 nitrogen and oxygen atoms in total. The highest BCUT2D eigenvalue weighted by Gasteiger charge is 2.30. The maximum absolute atomic E-state index is 13.6. The van der Waals surface area contributed by atoms with Gasteiger partial charge in [-0.05, 0) is 93.5 Å². The van der Waals surface area contributed by atoms with E-state index in [0.717, 1.165) is 48.2 Å². The third-order valence-electron chi connectivity index (χ3n) is 6.47. The van der Waals surface area contributed by atoms with E-state index >= 15 is 0 Å². The Bertz CT molecular complexity index is 928. The summed E-state index contributed by atoms with van der Waals surface area (Å²) in [5.41, 5.74) is 3.26. The van der Waals surface area contributed by atoms with E-state index in [-0.39, 0.29) is 48.4 Å². The molecule has 0 spiro atoms. The van der Waals surface area contributed by atoms with E-state index in [2.05, 4.69) is 0 Å². The van der Waals surface area contributed by atoms with Crippen LogP contribution in [0, 0.1) is 11.6 Å². The fourth-order valence-electron chi connectivity index (χ4n) is 4.83. The molecule has 0 aliphatic carbocycles. The molecule has 2 amide bonds. The molecule has 0 bridgehead atoms. The lowest BCUT2D eigenvalue weighted by molar-refractivity contribution is -0.120. The second-order valence-corrected chi connectivity index (χ2v) is 8.70. The summed E-state index contributed by atoms with van der Waals surface area (Å²) in [4.78, 5) is 29.5. The van der Waals surface area contributed by atoms with Gasteiger partial charge >= 0.3 is 0 Å². The zero-order valence-electron chi connectivity index (χ0n) is 18.0. The zero-order chi connectivity index (χ0) is 22.1. The number of fused-ring (bicyclic) bond motifs is 2. The second kappa shape index (κ2) is 8.77. The lowest BCUT2D eigenvalue weighted by atomic mass is 9.95. The monoisotopic (exact) mass is 426 g/mol. The zero-order valence-corrected chi connectivity index (χ0v) is 18.0. The summed E-state index contributed by atoms with van der Waals surface area (Å²) in [5, 5.41) is 0. The average molecular weight is 427 g/mol. The first-order valence-corrected chi connectivity index (χ1v) is 11.1. The van der Waals surface area contributed by atoms with Crippen molar-refractivity contribution in [3.8, 4) is 0 Å². The third kappa shape index (κ3) is 4.34. The van der Waals surface area contributed by atoms with Crippen molar-refractivity contribution in [2.45, 2.75) is 70.9 Å². The highest BCUT2D eigenvalue weighted by molar-refractivity contribution is 5.97. The van der Waals surface area contributed by atoms with Crippen LogP contribution in [0.1, 0.15) is 57.1 Å². The molecule has 0 saturated heterocycles. The van der Waals surface area contributed by atoms with Crippen molar-refractivity contribution in [2.24, 2.45) is 0 Å². The molecule has 0 fully saturated rings. The number of amides is 2. The van der Waals surface area contributed by atoms with Crippen LogP contribution in [0.15, 0.2) is 36.4 Å². The topological polar surface area (TPSA) is 40.6 Å². The van der Waals surface area contributed by atoms with Crippen LogP contribution in [-0.2, 0) is 22.4 Å². The van der Waals surface area contributed by atoms with Crippen molar-refractivity contribution < 1.29 is 18.4 Å². The molecule has 31 heavy (non-hydrogen) atoms. The van der Waals surface area contributed by atoms with Crippen LogP contribution in [0.4, 0.5) is 20.2 Å².